The lowest BCUT2D eigenvalue weighted by Gasteiger charge is -2.09. The minimum atomic E-state index is 0.223. The molecule has 1 unspecified atom stereocenters. The van der Waals surface area contributed by atoms with Crippen LogP contribution in [0.5, 0.6) is 0 Å². The summed E-state index contributed by atoms with van der Waals surface area (Å²) in [5, 5.41) is 7.76. The van der Waals surface area contributed by atoms with Crippen LogP contribution >= 0.6 is 11.6 Å². The van der Waals surface area contributed by atoms with Gasteiger partial charge in [0, 0.05) is 11.9 Å². The van der Waals surface area contributed by atoms with Crippen molar-refractivity contribution in [2.75, 3.05) is 6.54 Å². The Morgan fingerprint density at radius 3 is 2.81 bits per heavy atom. The monoisotopic (exact) mass is 244 g/mol. The van der Waals surface area contributed by atoms with Crippen molar-refractivity contribution in [3.63, 3.8) is 0 Å². The normalized spacial score (nSPS) is 13.3. The highest BCUT2D eigenvalue weighted by Crippen LogP contribution is 2.01. The van der Waals surface area contributed by atoms with Crippen LogP contribution in [0.25, 0.3) is 0 Å². The van der Waals surface area contributed by atoms with Crippen molar-refractivity contribution >= 4 is 11.6 Å². The van der Waals surface area contributed by atoms with E-state index in [4.69, 9.17) is 11.6 Å². The van der Waals surface area contributed by atoms with Crippen LogP contribution in [-0.2, 0) is 13.1 Å². The van der Waals surface area contributed by atoms with Gasteiger partial charge in [0.25, 0.3) is 0 Å². The number of rotatable bonds is 7. The van der Waals surface area contributed by atoms with Crippen molar-refractivity contribution in [3.8, 4) is 0 Å². The zero-order chi connectivity index (χ0) is 12.0. The van der Waals surface area contributed by atoms with E-state index in [0.29, 0.717) is 5.92 Å². The lowest BCUT2D eigenvalue weighted by Crippen LogP contribution is -2.21. The van der Waals surface area contributed by atoms with E-state index in [-0.39, 0.29) is 5.38 Å². The molecular weight excluding hydrogens is 224 g/mol. The third kappa shape index (κ3) is 4.94. The third-order valence-corrected chi connectivity index (χ3v) is 2.45. The molecular formula is C11H21ClN4. The van der Waals surface area contributed by atoms with E-state index in [1.54, 1.807) is 6.33 Å². The molecule has 0 saturated heterocycles. The van der Waals surface area contributed by atoms with Crippen molar-refractivity contribution in [1.29, 1.82) is 0 Å². The Kier molecular flexibility index (Phi) is 5.77. The predicted octanol–water partition coefficient (Wildman–Crippen LogP) is 2.04. The summed E-state index contributed by atoms with van der Waals surface area (Å²) in [6, 6.07) is 0. The zero-order valence-electron chi connectivity index (χ0n) is 10.3. The first kappa shape index (κ1) is 13.5. The summed E-state index contributed by atoms with van der Waals surface area (Å²) in [7, 11) is 0. The number of hydrogen-bond donors (Lipinski definition) is 1. The SMILES string of the molecule is CC(C)Cn1ncnc1CNCCC(C)Cl. The van der Waals surface area contributed by atoms with Gasteiger partial charge < -0.3 is 5.32 Å². The van der Waals surface area contributed by atoms with Crippen LogP contribution in [0, 0.1) is 5.92 Å². The summed E-state index contributed by atoms with van der Waals surface area (Å²) in [5.41, 5.74) is 0. The number of halogens is 1. The molecule has 5 heteroatoms. The van der Waals surface area contributed by atoms with Gasteiger partial charge in [-0.2, -0.15) is 5.10 Å². The Labute approximate surface area is 102 Å². The van der Waals surface area contributed by atoms with Gasteiger partial charge in [0.2, 0.25) is 0 Å². The minimum absolute atomic E-state index is 0.223. The summed E-state index contributed by atoms with van der Waals surface area (Å²) < 4.78 is 1.96. The fourth-order valence-electron chi connectivity index (χ4n) is 1.42. The number of nitrogens with zero attached hydrogens (tertiary/aromatic N) is 3. The molecule has 0 aliphatic heterocycles. The molecule has 0 saturated carbocycles. The Morgan fingerprint density at radius 2 is 2.19 bits per heavy atom. The largest absolute Gasteiger partial charge is 0.310 e. The van der Waals surface area contributed by atoms with E-state index in [9.17, 15) is 0 Å². The van der Waals surface area contributed by atoms with E-state index in [2.05, 4.69) is 29.2 Å². The van der Waals surface area contributed by atoms with Gasteiger partial charge in [-0.3, -0.25) is 0 Å². The van der Waals surface area contributed by atoms with Gasteiger partial charge in [-0.25, -0.2) is 9.67 Å². The molecule has 1 N–H and O–H groups in total. The summed E-state index contributed by atoms with van der Waals surface area (Å²) in [6.07, 6.45) is 2.59. The van der Waals surface area contributed by atoms with Crippen LogP contribution in [0.1, 0.15) is 33.0 Å². The molecule has 4 nitrogen and oxygen atoms in total. The Morgan fingerprint density at radius 1 is 1.44 bits per heavy atom. The van der Waals surface area contributed by atoms with E-state index in [1.165, 1.54) is 0 Å². The highest BCUT2D eigenvalue weighted by Gasteiger charge is 2.05. The number of hydrogen-bond acceptors (Lipinski definition) is 3. The lowest BCUT2D eigenvalue weighted by molar-refractivity contribution is 0.457. The maximum atomic E-state index is 5.87. The van der Waals surface area contributed by atoms with E-state index in [0.717, 1.165) is 31.9 Å². The smallest absolute Gasteiger partial charge is 0.140 e. The average Bonchev–Trinajstić information content (AvgIpc) is 2.59. The van der Waals surface area contributed by atoms with Gasteiger partial charge in [0.15, 0.2) is 0 Å². The van der Waals surface area contributed by atoms with E-state index < -0.39 is 0 Å². The lowest BCUT2D eigenvalue weighted by atomic mass is 10.2. The highest BCUT2D eigenvalue weighted by atomic mass is 35.5. The van der Waals surface area contributed by atoms with Gasteiger partial charge in [-0.05, 0) is 25.8 Å². The van der Waals surface area contributed by atoms with Crippen molar-refractivity contribution in [2.45, 2.75) is 45.7 Å². The molecule has 1 aromatic rings. The number of alkyl halides is 1. The third-order valence-electron chi connectivity index (χ3n) is 2.24. The van der Waals surface area contributed by atoms with Crippen molar-refractivity contribution in [1.82, 2.24) is 20.1 Å². The molecule has 0 aromatic carbocycles. The molecule has 1 atom stereocenters. The second-order valence-corrected chi connectivity index (χ2v) is 5.24. The maximum Gasteiger partial charge on any atom is 0.140 e. The zero-order valence-corrected chi connectivity index (χ0v) is 11.0. The first-order valence-electron chi connectivity index (χ1n) is 5.81. The van der Waals surface area contributed by atoms with Crippen LogP contribution in [0.2, 0.25) is 0 Å². The van der Waals surface area contributed by atoms with Crippen LogP contribution in [0.3, 0.4) is 0 Å². The molecule has 0 fully saturated rings. The average molecular weight is 245 g/mol. The molecule has 0 spiro atoms. The fraction of sp³-hybridized carbons (Fsp3) is 0.818. The molecule has 1 rings (SSSR count). The summed E-state index contributed by atoms with van der Waals surface area (Å²) in [6.45, 7) is 8.95. The summed E-state index contributed by atoms with van der Waals surface area (Å²) in [4.78, 5) is 4.24. The van der Waals surface area contributed by atoms with Crippen LogP contribution in [0.15, 0.2) is 6.33 Å². The molecule has 92 valence electrons. The number of nitrogens with one attached hydrogen (secondary N) is 1. The Balaban J connectivity index is 2.33. The second-order valence-electron chi connectivity index (χ2n) is 4.50. The highest BCUT2D eigenvalue weighted by molar-refractivity contribution is 6.20. The van der Waals surface area contributed by atoms with E-state index in [1.807, 2.05) is 11.6 Å². The molecule has 1 aromatic heterocycles. The topological polar surface area (TPSA) is 42.7 Å². The molecule has 16 heavy (non-hydrogen) atoms. The molecule has 0 radical (unpaired) electrons. The van der Waals surface area contributed by atoms with E-state index >= 15 is 0 Å². The molecule has 1 heterocycles. The summed E-state index contributed by atoms with van der Waals surface area (Å²) >= 11 is 5.87. The van der Waals surface area contributed by atoms with Crippen molar-refractivity contribution in [2.24, 2.45) is 5.92 Å². The first-order chi connectivity index (χ1) is 7.59. The molecule has 0 amide bonds. The van der Waals surface area contributed by atoms with Gasteiger partial charge >= 0.3 is 0 Å². The summed E-state index contributed by atoms with van der Waals surface area (Å²) in [5.74, 6) is 1.58. The van der Waals surface area contributed by atoms with Crippen molar-refractivity contribution in [3.05, 3.63) is 12.2 Å². The second kappa shape index (κ2) is 6.86. The van der Waals surface area contributed by atoms with Crippen LogP contribution in [-0.4, -0.2) is 26.7 Å². The quantitative estimate of drug-likeness (QED) is 0.590. The van der Waals surface area contributed by atoms with Gasteiger partial charge in [-0.1, -0.05) is 13.8 Å². The van der Waals surface area contributed by atoms with Gasteiger partial charge in [-0.15, -0.1) is 11.6 Å². The standard InChI is InChI=1S/C11H21ClN4/c1-9(2)7-16-11(14-8-15-16)6-13-5-4-10(3)12/h8-10,13H,4-7H2,1-3H3. The Hall–Kier alpha value is -0.610. The van der Waals surface area contributed by atoms with Crippen molar-refractivity contribution < 1.29 is 0 Å². The van der Waals surface area contributed by atoms with Gasteiger partial charge in [0.05, 0.1) is 6.54 Å². The van der Waals surface area contributed by atoms with Gasteiger partial charge in [0.1, 0.15) is 12.2 Å². The molecule has 0 bridgehead atoms. The number of aromatic nitrogens is 3. The minimum Gasteiger partial charge on any atom is -0.310 e. The molecule has 0 aliphatic carbocycles. The van der Waals surface area contributed by atoms with Crippen LogP contribution < -0.4 is 5.32 Å². The van der Waals surface area contributed by atoms with Crippen LogP contribution in [0.4, 0.5) is 0 Å². The fourth-order valence-corrected chi connectivity index (χ4v) is 1.53. The predicted molar refractivity (Wildman–Crippen MR) is 66.5 cm³/mol. The maximum absolute atomic E-state index is 5.87. The molecule has 0 aliphatic rings. The first-order valence-corrected chi connectivity index (χ1v) is 6.24. The Bertz CT molecular complexity index is 296.